The highest BCUT2D eigenvalue weighted by Crippen LogP contribution is 2.13. The molecule has 0 bridgehead atoms. The van der Waals surface area contributed by atoms with E-state index in [9.17, 15) is 4.79 Å². The summed E-state index contributed by atoms with van der Waals surface area (Å²) in [5, 5.41) is 0. The fraction of sp³-hybridized carbons (Fsp3) is 0.591. The average molecular weight is 360 g/mol. The standard InChI is InChI=1S/C22H33NO3/c1-2-3-4-5-6-7-8-9-12-19-14-16-20(17-15-19)22(24)23-26-21-13-10-11-18-25-21/h9,12,14-17,21H,2-8,10-11,13,18H2,1H3,(H,23,24). The molecule has 1 aromatic rings. The number of hydrogen-bond donors (Lipinski definition) is 1. The van der Waals surface area contributed by atoms with E-state index in [4.69, 9.17) is 9.57 Å². The molecule has 0 radical (unpaired) electrons. The number of allylic oxidation sites excluding steroid dienone is 1. The molecule has 0 spiro atoms. The van der Waals surface area contributed by atoms with Crippen LogP contribution in [-0.4, -0.2) is 18.8 Å². The van der Waals surface area contributed by atoms with Crippen molar-refractivity contribution in [1.82, 2.24) is 5.48 Å². The van der Waals surface area contributed by atoms with E-state index >= 15 is 0 Å². The topological polar surface area (TPSA) is 47.6 Å². The largest absolute Gasteiger partial charge is 0.350 e. The van der Waals surface area contributed by atoms with Gasteiger partial charge in [0.2, 0.25) is 0 Å². The van der Waals surface area contributed by atoms with Crippen LogP contribution in [0.1, 0.15) is 87.1 Å². The zero-order chi connectivity index (χ0) is 18.5. The number of ether oxygens (including phenoxy) is 1. The SMILES string of the molecule is CCCCCCCCC=Cc1ccc(C(=O)NOC2CCCCO2)cc1. The lowest BCUT2D eigenvalue weighted by molar-refractivity contribution is -0.186. The number of carbonyl (C=O) groups excluding carboxylic acids is 1. The zero-order valence-corrected chi connectivity index (χ0v) is 16.0. The molecule has 1 aliphatic rings. The molecule has 1 aliphatic heterocycles. The number of hydroxylamine groups is 1. The highest BCUT2D eigenvalue weighted by molar-refractivity contribution is 5.93. The molecular weight excluding hydrogens is 326 g/mol. The third-order valence-electron chi connectivity index (χ3n) is 4.63. The summed E-state index contributed by atoms with van der Waals surface area (Å²) in [6.45, 7) is 2.94. The highest BCUT2D eigenvalue weighted by atomic mass is 16.8. The molecule has 1 unspecified atom stereocenters. The highest BCUT2D eigenvalue weighted by Gasteiger charge is 2.16. The Morgan fingerprint density at radius 3 is 2.65 bits per heavy atom. The molecule has 2 rings (SSSR count). The van der Waals surface area contributed by atoms with E-state index in [1.54, 1.807) is 0 Å². The summed E-state index contributed by atoms with van der Waals surface area (Å²) in [7, 11) is 0. The van der Waals surface area contributed by atoms with Crippen LogP contribution in [0.25, 0.3) is 6.08 Å². The lowest BCUT2D eigenvalue weighted by atomic mass is 10.1. The third kappa shape index (κ3) is 8.15. The Kier molecular flexibility index (Phi) is 10.1. The number of amides is 1. The van der Waals surface area contributed by atoms with Gasteiger partial charge in [0.05, 0.1) is 0 Å². The predicted octanol–water partition coefficient (Wildman–Crippen LogP) is 5.64. The molecule has 4 heteroatoms. The second-order valence-electron chi connectivity index (χ2n) is 6.93. The summed E-state index contributed by atoms with van der Waals surface area (Å²) >= 11 is 0. The Morgan fingerprint density at radius 1 is 1.15 bits per heavy atom. The second-order valence-corrected chi connectivity index (χ2v) is 6.93. The van der Waals surface area contributed by atoms with Gasteiger partial charge in [-0.2, -0.15) is 0 Å². The van der Waals surface area contributed by atoms with Crippen molar-refractivity contribution in [3.05, 3.63) is 41.5 Å². The van der Waals surface area contributed by atoms with Crippen LogP contribution in [0.4, 0.5) is 0 Å². The fourth-order valence-corrected chi connectivity index (χ4v) is 2.99. The number of benzene rings is 1. The van der Waals surface area contributed by atoms with E-state index in [0.29, 0.717) is 12.2 Å². The minimum atomic E-state index is -0.322. The zero-order valence-electron chi connectivity index (χ0n) is 16.0. The van der Waals surface area contributed by atoms with Gasteiger partial charge in [0, 0.05) is 18.6 Å². The van der Waals surface area contributed by atoms with Crippen molar-refractivity contribution >= 4 is 12.0 Å². The maximum Gasteiger partial charge on any atom is 0.274 e. The van der Waals surface area contributed by atoms with Crippen LogP contribution in [0.3, 0.4) is 0 Å². The lowest BCUT2D eigenvalue weighted by Gasteiger charge is -2.22. The number of nitrogens with one attached hydrogen (secondary N) is 1. The van der Waals surface area contributed by atoms with Gasteiger partial charge < -0.3 is 4.74 Å². The molecule has 1 fully saturated rings. The smallest absolute Gasteiger partial charge is 0.274 e. The molecular formula is C22H33NO3. The number of carbonyl (C=O) groups is 1. The molecule has 144 valence electrons. The van der Waals surface area contributed by atoms with Gasteiger partial charge in [0.25, 0.3) is 5.91 Å². The molecule has 0 aliphatic carbocycles. The molecule has 4 nitrogen and oxygen atoms in total. The van der Waals surface area contributed by atoms with Crippen molar-refractivity contribution in [3.63, 3.8) is 0 Å². The van der Waals surface area contributed by atoms with Crippen LogP contribution in [0, 0.1) is 0 Å². The van der Waals surface area contributed by atoms with Gasteiger partial charge in [-0.1, -0.05) is 63.3 Å². The number of unbranched alkanes of at least 4 members (excludes halogenated alkanes) is 6. The summed E-state index contributed by atoms with van der Waals surface area (Å²) in [5.74, 6) is -0.234. The van der Waals surface area contributed by atoms with Crippen molar-refractivity contribution in [2.75, 3.05) is 6.61 Å². The molecule has 26 heavy (non-hydrogen) atoms. The van der Waals surface area contributed by atoms with Crippen molar-refractivity contribution < 1.29 is 14.4 Å². The number of hydrogen-bond acceptors (Lipinski definition) is 3. The van der Waals surface area contributed by atoms with E-state index in [-0.39, 0.29) is 12.2 Å². The normalized spacial score (nSPS) is 17.5. The van der Waals surface area contributed by atoms with Gasteiger partial charge >= 0.3 is 0 Å². The van der Waals surface area contributed by atoms with Crippen LogP contribution >= 0.6 is 0 Å². The van der Waals surface area contributed by atoms with E-state index in [2.05, 4.69) is 24.6 Å². The minimum absolute atomic E-state index is 0.234. The second kappa shape index (κ2) is 12.7. The summed E-state index contributed by atoms with van der Waals surface area (Å²) in [6, 6.07) is 7.57. The average Bonchev–Trinajstić information content (AvgIpc) is 2.69. The Morgan fingerprint density at radius 2 is 1.92 bits per heavy atom. The van der Waals surface area contributed by atoms with Crippen LogP contribution in [-0.2, 0) is 9.57 Å². The van der Waals surface area contributed by atoms with E-state index < -0.39 is 0 Å². The Labute approximate surface area is 157 Å². The monoisotopic (exact) mass is 359 g/mol. The van der Waals surface area contributed by atoms with Gasteiger partial charge in [-0.05, 0) is 43.4 Å². The van der Waals surface area contributed by atoms with Crippen molar-refractivity contribution in [3.8, 4) is 0 Å². The van der Waals surface area contributed by atoms with Crippen LogP contribution < -0.4 is 5.48 Å². The van der Waals surface area contributed by atoms with Crippen LogP contribution in [0.5, 0.6) is 0 Å². The molecule has 1 amide bonds. The van der Waals surface area contributed by atoms with Crippen molar-refractivity contribution in [2.45, 2.75) is 77.4 Å². The number of rotatable bonds is 11. The Balaban J connectivity index is 1.64. The van der Waals surface area contributed by atoms with Crippen LogP contribution in [0.2, 0.25) is 0 Å². The first-order chi connectivity index (χ1) is 12.8. The molecule has 1 atom stereocenters. The van der Waals surface area contributed by atoms with Gasteiger partial charge in [0.1, 0.15) is 0 Å². The van der Waals surface area contributed by atoms with Gasteiger partial charge in [-0.3, -0.25) is 4.79 Å². The van der Waals surface area contributed by atoms with E-state index in [0.717, 1.165) is 31.2 Å². The fourth-order valence-electron chi connectivity index (χ4n) is 2.99. The lowest BCUT2D eigenvalue weighted by Crippen LogP contribution is -2.33. The third-order valence-corrected chi connectivity index (χ3v) is 4.63. The maximum absolute atomic E-state index is 12.1. The summed E-state index contributed by atoms with van der Waals surface area (Å²) in [4.78, 5) is 17.4. The molecule has 1 heterocycles. The first kappa shape index (κ1) is 20.7. The summed E-state index contributed by atoms with van der Waals surface area (Å²) < 4.78 is 5.43. The van der Waals surface area contributed by atoms with Crippen LogP contribution in [0.15, 0.2) is 30.3 Å². The van der Waals surface area contributed by atoms with Gasteiger partial charge in [-0.25, -0.2) is 10.3 Å². The van der Waals surface area contributed by atoms with Gasteiger partial charge in [0.15, 0.2) is 6.29 Å². The first-order valence-electron chi connectivity index (χ1n) is 10.1. The van der Waals surface area contributed by atoms with E-state index in [1.165, 1.54) is 38.5 Å². The molecule has 1 saturated heterocycles. The predicted molar refractivity (Wildman–Crippen MR) is 106 cm³/mol. The summed E-state index contributed by atoms with van der Waals surface area (Å²) in [5.41, 5.74) is 4.19. The quantitative estimate of drug-likeness (QED) is 0.411. The molecule has 1 aromatic carbocycles. The van der Waals surface area contributed by atoms with E-state index in [1.807, 2.05) is 24.3 Å². The Bertz CT molecular complexity index is 533. The summed E-state index contributed by atoms with van der Waals surface area (Å²) in [6.07, 6.45) is 16.0. The molecule has 1 N–H and O–H groups in total. The maximum atomic E-state index is 12.1. The minimum Gasteiger partial charge on any atom is -0.350 e. The molecule has 0 saturated carbocycles. The van der Waals surface area contributed by atoms with Gasteiger partial charge in [-0.15, -0.1) is 0 Å². The molecule has 0 aromatic heterocycles. The van der Waals surface area contributed by atoms with Crippen molar-refractivity contribution in [2.24, 2.45) is 0 Å². The van der Waals surface area contributed by atoms with Crippen molar-refractivity contribution in [1.29, 1.82) is 0 Å². The Hall–Kier alpha value is -1.65. The first-order valence-corrected chi connectivity index (χ1v) is 10.1.